The minimum absolute atomic E-state index is 0.0107. The number of benzene rings is 2. The summed E-state index contributed by atoms with van der Waals surface area (Å²) in [6.07, 6.45) is 3.13. The van der Waals surface area contributed by atoms with Crippen LogP contribution in [0.15, 0.2) is 91.5 Å². The summed E-state index contributed by atoms with van der Waals surface area (Å²) in [5.74, 6) is -2.79. The van der Waals surface area contributed by atoms with Gasteiger partial charge in [-0.1, -0.05) is 12.1 Å². The number of aromatic nitrogens is 2. The minimum Gasteiger partial charge on any atom is -0.348 e. The predicted octanol–water partition coefficient (Wildman–Crippen LogP) is 5.37. The Kier molecular flexibility index (Phi) is 8.75. The lowest BCUT2D eigenvalue weighted by atomic mass is 9.81. The molecule has 12 heteroatoms. The average Bonchev–Trinajstić information content (AvgIpc) is 3.47. The Hall–Kier alpha value is -5.39. The lowest BCUT2D eigenvalue weighted by Gasteiger charge is -2.29. The van der Waals surface area contributed by atoms with E-state index in [1.165, 1.54) is 6.20 Å². The summed E-state index contributed by atoms with van der Waals surface area (Å²) in [5, 5.41) is 22.0. The summed E-state index contributed by atoms with van der Waals surface area (Å²) in [6, 6.07) is 9.27. The molecule has 2 aliphatic heterocycles. The lowest BCUT2D eigenvalue weighted by Crippen LogP contribution is -2.47. The third-order valence-corrected chi connectivity index (χ3v) is 7.81. The van der Waals surface area contributed by atoms with E-state index in [2.05, 4.69) is 41.1 Å². The zero-order valence-electron chi connectivity index (χ0n) is 25.9. The van der Waals surface area contributed by atoms with E-state index >= 15 is 0 Å². The normalized spacial score (nSPS) is 20.0. The first-order valence-electron chi connectivity index (χ1n) is 14.5. The number of carbonyl (C=O) groups is 4. The van der Waals surface area contributed by atoms with Crippen molar-refractivity contribution in [3.63, 3.8) is 0 Å². The zero-order valence-corrected chi connectivity index (χ0v) is 25.9. The molecule has 0 saturated heterocycles. The highest BCUT2D eigenvalue weighted by molar-refractivity contribution is 6.13. The number of nitrogens with one attached hydrogen (secondary N) is 3. The van der Waals surface area contributed by atoms with E-state index in [1.54, 1.807) is 20.0 Å². The minimum atomic E-state index is -1.08. The fourth-order valence-corrected chi connectivity index (χ4v) is 5.81. The number of hydrogen-bond acceptors (Lipinski definition) is 9. The number of hydrogen-bond donors (Lipinski definition) is 3. The first kappa shape index (κ1) is 31.0. The van der Waals surface area contributed by atoms with Gasteiger partial charge in [-0.15, -0.1) is 0 Å². The fraction of sp³-hybridized carbons (Fsp3) is 0.303. The van der Waals surface area contributed by atoms with Crippen molar-refractivity contribution < 1.29 is 19.2 Å². The first-order valence-corrected chi connectivity index (χ1v) is 14.5. The highest BCUT2D eigenvalue weighted by Crippen LogP contribution is 2.37. The Balaban J connectivity index is 1.53. The Morgan fingerprint density at radius 1 is 0.689 bits per heavy atom. The average molecular weight is 607 g/mol. The van der Waals surface area contributed by atoms with Crippen LogP contribution < -0.4 is 10.6 Å². The van der Waals surface area contributed by atoms with Crippen LogP contribution in [0, 0.1) is 27.7 Å². The summed E-state index contributed by atoms with van der Waals surface area (Å²) in [4.78, 5) is 59.9. The molecule has 3 atom stereocenters. The number of imide groups is 2. The molecule has 5 rings (SSSR count). The molecule has 0 saturated carbocycles. The molecule has 45 heavy (non-hydrogen) atoms. The number of imidazole rings is 1. The van der Waals surface area contributed by atoms with Crippen LogP contribution in [0.25, 0.3) is 0 Å². The summed E-state index contributed by atoms with van der Waals surface area (Å²) in [5.41, 5.74) is 6.45. The molecular formula is C33H34N8O4. The van der Waals surface area contributed by atoms with Gasteiger partial charge in [0.1, 0.15) is 5.82 Å². The van der Waals surface area contributed by atoms with Crippen LogP contribution in [0.2, 0.25) is 0 Å². The molecule has 1 aromatic heterocycles. The van der Waals surface area contributed by atoms with Gasteiger partial charge in [0.05, 0.1) is 17.3 Å². The maximum absolute atomic E-state index is 13.4. The molecular weight excluding hydrogens is 572 g/mol. The summed E-state index contributed by atoms with van der Waals surface area (Å²) < 4.78 is 0. The fourth-order valence-electron chi connectivity index (χ4n) is 5.81. The first-order chi connectivity index (χ1) is 21.4. The summed E-state index contributed by atoms with van der Waals surface area (Å²) in [6.45, 7) is 11.1. The quantitative estimate of drug-likeness (QED) is 0.231. The Morgan fingerprint density at radius 3 is 1.67 bits per heavy atom. The van der Waals surface area contributed by atoms with Crippen molar-refractivity contribution >= 4 is 35.0 Å². The number of nitrogens with zero attached hydrogens (tertiary/aromatic N) is 5. The van der Waals surface area contributed by atoms with E-state index in [4.69, 9.17) is 0 Å². The van der Waals surface area contributed by atoms with Gasteiger partial charge in [0.15, 0.2) is 12.1 Å². The molecule has 0 fully saturated rings. The number of H-pyrrole nitrogens is 1. The standard InChI is InChI=1S/C33H34N8O4/c1-16-9-17(2)12-22(11-16)38-40-27-20(5)24(30(42)36-32(27)44)15-25(29-34-7-8-35-29)26-21(6)28(33(45)37-31(26)43)41-39-23-13-18(3)10-19(4)14-23/h7-14,25,27-28H,15H2,1-6H3,(H,34,35)(H,36,42,44)(H,37,43,45). The third kappa shape index (κ3) is 6.74. The number of aryl methyl sites for hydroxylation is 4. The molecule has 0 aliphatic carbocycles. The molecule has 3 N–H and O–H groups in total. The second kappa shape index (κ2) is 12.7. The molecule has 230 valence electrons. The van der Waals surface area contributed by atoms with Crippen LogP contribution in [-0.2, 0) is 19.2 Å². The van der Waals surface area contributed by atoms with E-state index < -0.39 is 41.6 Å². The van der Waals surface area contributed by atoms with E-state index in [1.807, 2.05) is 64.1 Å². The summed E-state index contributed by atoms with van der Waals surface area (Å²) >= 11 is 0. The number of aromatic amines is 1. The van der Waals surface area contributed by atoms with E-state index in [0.717, 1.165) is 22.3 Å². The Labute approximate surface area is 260 Å². The van der Waals surface area contributed by atoms with Gasteiger partial charge in [0.25, 0.3) is 23.6 Å². The maximum Gasteiger partial charge on any atom is 0.257 e. The molecule has 0 spiro atoms. The molecule has 3 aromatic rings. The van der Waals surface area contributed by atoms with Gasteiger partial charge in [-0.05, 0) is 106 Å². The number of azo groups is 2. The Bertz CT molecular complexity index is 1790. The molecule has 0 radical (unpaired) electrons. The largest absolute Gasteiger partial charge is 0.348 e. The van der Waals surface area contributed by atoms with Crippen molar-refractivity contribution in [3.8, 4) is 0 Å². The van der Waals surface area contributed by atoms with E-state index in [9.17, 15) is 19.2 Å². The van der Waals surface area contributed by atoms with Gasteiger partial charge in [0.2, 0.25) is 0 Å². The highest BCUT2D eigenvalue weighted by atomic mass is 16.2. The van der Waals surface area contributed by atoms with Gasteiger partial charge < -0.3 is 4.98 Å². The van der Waals surface area contributed by atoms with Crippen LogP contribution >= 0.6 is 0 Å². The summed E-state index contributed by atoms with van der Waals surface area (Å²) in [7, 11) is 0. The van der Waals surface area contributed by atoms with Crippen LogP contribution in [-0.4, -0.2) is 45.7 Å². The molecule has 12 nitrogen and oxygen atoms in total. The molecule has 2 aromatic carbocycles. The number of carbonyl (C=O) groups excluding carboxylic acids is 4. The maximum atomic E-state index is 13.4. The van der Waals surface area contributed by atoms with Gasteiger partial charge in [-0.25, -0.2) is 4.98 Å². The Morgan fingerprint density at radius 2 is 1.18 bits per heavy atom. The second-order valence-electron chi connectivity index (χ2n) is 11.6. The van der Waals surface area contributed by atoms with Crippen LogP contribution in [0.4, 0.5) is 11.4 Å². The van der Waals surface area contributed by atoms with Gasteiger partial charge in [-0.3, -0.25) is 29.8 Å². The van der Waals surface area contributed by atoms with Crippen LogP contribution in [0.1, 0.15) is 54.3 Å². The van der Waals surface area contributed by atoms with Crippen molar-refractivity contribution in [3.05, 3.63) is 99.2 Å². The molecule has 0 bridgehead atoms. The smallest absolute Gasteiger partial charge is 0.257 e. The number of amides is 4. The monoisotopic (exact) mass is 606 g/mol. The molecule has 2 aliphatic rings. The highest BCUT2D eigenvalue weighted by Gasteiger charge is 2.40. The van der Waals surface area contributed by atoms with E-state index in [0.29, 0.717) is 28.3 Å². The lowest BCUT2D eigenvalue weighted by molar-refractivity contribution is -0.132. The molecule has 4 amide bonds. The van der Waals surface area contributed by atoms with Gasteiger partial charge in [0, 0.05) is 23.5 Å². The van der Waals surface area contributed by atoms with Gasteiger partial charge >= 0.3 is 0 Å². The van der Waals surface area contributed by atoms with E-state index in [-0.39, 0.29) is 17.6 Å². The predicted molar refractivity (Wildman–Crippen MR) is 166 cm³/mol. The zero-order chi connectivity index (χ0) is 32.4. The van der Waals surface area contributed by atoms with Gasteiger partial charge in [-0.2, -0.15) is 20.5 Å². The van der Waals surface area contributed by atoms with Crippen LogP contribution in [0.3, 0.4) is 0 Å². The third-order valence-electron chi connectivity index (χ3n) is 7.81. The topological polar surface area (TPSA) is 170 Å². The molecule has 3 unspecified atom stereocenters. The SMILES string of the molecule is CC1=C(CC(C2=C(C)C(N=Nc3cc(C)cc(C)c3)C(=O)NC2=O)c2ncc[nH]2)C(=O)NC(=O)C1N=Nc1cc(C)cc(C)c1. The van der Waals surface area contributed by atoms with Crippen molar-refractivity contribution in [1.29, 1.82) is 0 Å². The van der Waals surface area contributed by atoms with Crippen molar-refractivity contribution in [2.75, 3.05) is 0 Å². The van der Waals surface area contributed by atoms with Crippen molar-refractivity contribution in [2.45, 2.75) is 66.0 Å². The second-order valence-corrected chi connectivity index (χ2v) is 11.6. The number of rotatable bonds is 8. The van der Waals surface area contributed by atoms with Crippen molar-refractivity contribution in [2.24, 2.45) is 20.5 Å². The van der Waals surface area contributed by atoms with Crippen molar-refractivity contribution in [1.82, 2.24) is 20.6 Å². The molecule has 3 heterocycles. The van der Waals surface area contributed by atoms with Crippen LogP contribution in [0.5, 0.6) is 0 Å².